The number of nitrogens with zero attached hydrogens (tertiary/aromatic N) is 1. The van der Waals surface area contributed by atoms with E-state index in [2.05, 4.69) is 36.4 Å². The third kappa shape index (κ3) is 1.74. The van der Waals surface area contributed by atoms with Crippen LogP contribution in [0.4, 0.5) is 0 Å². The number of rotatable bonds is 1. The van der Waals surface area contributed by atoms with Gasteiger partial charge in [-0.3, -0.25) is 4.79 Å². The summed E-state index contributed by atoms with van der Waals surface area (Å²) in [5.74, 6) is 0.100. The molecule has 0 aliphatic carbocycles. The summed E-state index contributed by atoms with van der Waals surface area (Å²) >= 11 is 0. The van der Waals surface area contributed by atoms with Crippen LogP contribution in [0.3, 0.4) is 0 Å². The third-order valence-electron chi connectivity index (χ3n) is 4.84. The molecule has 0 saturated heterocycles. The van der Waals surface area contributed by atoms with Gasteiger partial charge in [0.1, 0.15) is 0 Å². The second-order valence-corrected chi connectivity index (χ2v) is 6.18. The van der Waals surface area contributed by atoms with Gasteiger partial charge in [-0.1, -0.05) is 72.8 Å². The van der Waals surface area contributed by atoms with Crippen LogP contribution in [0.5, 0.6) is 0 Å². The monoisotopic (exact) mass is 309 g/mol. The molecule has 0 saturated carbocycles. The molecule has 24 heavy (non-hydrogen) atoms. The maximum atomic E-state index is 12.9. The van der Waals surface area contributed by atoms with E-state index in [-0.39, 0.29) is 5.91 Å². The SMILES string of the molecule is O=C1c2ccccc2C2=C(c3ccccc3)c3ccccc3CN12. The van der Waals surface area contributed by atoms with Crippen molar-refractivity contribution in [2.45, 2.75) is 6.54 Å². The molecule has 2 nitrogen and oxygen atoms in total. The fourth-order valence-electron chi connectivity index (χ4n) is 3.79. The molecule has 0 bridgehead atoms. The van der Waals surface area contributed by atoms with Gasteiger partial charge in [0.15, 0.2) is 0 Å². The van der Waals surface area contributed by atoms with Gasteiger partial charge in [0, 0.05) is 16.7 Å². The molecule has 2 heteroatoms. The summed E-state index contributed by atoms with van der Waals surface area (Å²) in [6.45, 7) is 0.634. The number of benzene rings is 3. The fraction of sp³-hybridized carbons (Fsp3) is 0.0455. The van der Waals surface area contributed by atoms with Gasteiger partial charge in [-0.15, -0.1) is 0 Å². The Morgan fingerprint density at radius 3 is 2.08 bits per heavy atom. The summed E-state index contributed by atoms with van der Waals surface area (Å²) in [5, 5.41) is 0. The minimum atomic E-state index is 0.100. The molecule has 1 amide bonds. The van der Waals surface area contributed by atoms with Crippen molar-refractivity contribution in [2.24, 2.45) is 0 Å². The molecule has 0 spiro atoms. The number of carbonyl (C=O) groups excluding carboxylic acids is 1. The highest BCUT2D eigenvalue weighted by atomic mass is 16.2. The maximum Gasteiger partial charge on any atom is 0.259 e. The minimum absolute atomic E-state index is 0.100. The first-order valence-electron chi connectivity index (χ1n) is 8.14. The van der Waals surface area contributed by atoms with E-state index < -0.39 is 0 Å². The molecule has 3 aromatic rings. The largest absolute Gasteiger partial charge is 0.303 e. The van der Waals surface area contributed by atoms with Crippen molar-refractivity contribution < 1.29 is 4.79 Å². The van der Waals surface area contributed by atoms with Crippen molar-refractivity contribution in [1.82, 2.24) is 4.90 Å². The summed E-state index contributed by atoms with van der Waals surface area (Å²) in [6, 6.07) is 26.7. The highest BCUT2D eigenvalue weighted by molar-refractivity contribution is 6.16. The van der Waals surface area contributed by atoms with Gasteiger partial charge in [-0.25, -0.2) is 0 Å². The smallest absolute Gasteiger partial charge is 0.259 e. The van der Waals surface area contributed by atoms with Crippen molar-refractivity contribution in [3.05, 3.63) is 107 Å². The average molecular weight is 309 g/mol. The quantitative estimate of drug-likeness (QED) is 0.644. The lowest BCUT2D eigenvalue weighted by atomic mass is 9.87. The molecule has 0 atom stereocenters. The minimum Gasteiger partial charge on any atom is -0.303 e. The van der Waals surface area contributed by atoms with Gasteiger partial charge in [0.25, 0.3) is 5.91 Å². The molecule has 3 aromatic carbocycles. The van der Waals surface area contributed by atoms with E-state index in [1.54, 1.807) is 0 Å². The fourth-order valence-corrected chi connectivity index (χ4v) is 3.79. The van der Waals surface area contributed by atoms with Crippen LogP contribution in [-0.2, 0) is 6.54 Å². The van der Waals surface area contributed by atoms with Gasteiger partial charge < -0.3 is 4.90 Å². The Bertz CT molecular complexity index is 1000. The second-order valence-electron chi connectivity index (χ2n) is 6.18. The molecule has 0 N–H and O–H groups in total. The molecule has 0 radical (unpaired) electrons. The number of hydrogen-bond donors (Lipinski definition) is 0. The Hall–Kier alpha value is -3.13. The number of fused-ring (bicyclic) bond motifs is 4. The topological polar surface area (TPSA) is 20.3 Å². The first kappa shape index (κ1) is 13.3. The molecular weight excluding hydrogens is 294 g/mol. The van der Waals surface area contributed by atoms with Crippen LogP contribution in [0, 0.1) is 0 Å². The van der Waals surface area contributed by atoms with Crippen LogP contribution in [0.2, 0.25) is 0 Å². The van der Waals surface area contributed by atoms with Crippen molar-refractivity contribution >= 4 is 17.2 Å². The van der Waals surface area contributed by atoms with Gasteiger partial charge in [0.05, 0.1) is 12.2 Å². The van der Waals surface area contributed by atoms with Crippen LogP contribution in [-0.4, -0.2) is 10.8 Å². The van der Waals surface area contributed by atoms with Gasteiger partial charge in [-0.05, 0) is 22.8 Å². The Labute approximate surface area is 140 Å². The number of amides is 1. The number of carbonyl (C=O) groups is 1. The zero-order chi connectivity index (χ0) is 16.1. The van der Waals surface area contributed by atoms with Gasteiger partial charge in [0.2, 0.25) is 0 Å². The maximum absolute atomic E-state index is 12.9. The normalized spacial score (nSPS) is 15.2. The molecule has 2 aliphatic heterocycles. The zero-order valence-electron chi connectivity index (χ0n) is 13.1. The average Bonchev–Trinajstić information content (AvgIpc) is 2.93. The van der Waals surface area contributed by atoms with E-state index in [0.29, 0.717) is 6.54 Å². The molecule has 2 heterocycles. The second kappa shape index (κ2) is 4.93. The van der Waals surface area contributed by atoms with Gasteiger partial charge in [-0.2, -0.15) is 0 Å². The van der Waals surface area contributed by atoms with E-state index in [4.69, 9.17) is 0 Å². The van der Waals surface area contributed by atoms with Crippen molar-refractivity contribution in [2.75, 3.05) is 0 Å². The lowest BCUT2D eigenvalue weighted by Crippen LogP contribution is -2.27. The lowest BCUT2D eigenvalue weighted by Gasteiger charge is -2.29. The number of hydrogen-bond acceptors (Lipinski definition) is 1. The Morgan fingerprint density at radius 2 is 1.29 bits per heavy atom. The van der Waals surface area contributed by atoms with Crippen LogP contribution < -0.4 is 0 Å². The van der Waals surface area contributed by atoms with Crippen LogP contribution >= 0.6 is 0 Å². The first-order valence-corrected chi connectivity index (χ1v) is 8.14. The predicted molar refractivity (Wildman–Crippen MR) is 95.1 cm³/mol. The molecular formula is C22H15NO. The van der Waals surface area contributed by atoms with E-state index in [0.717, 1.165) is 28.0 Å². The third-order valence-corrected chi connectivity index (χ3v) is 4.84. The molecule has 114 valence electrons. The van der Waals surface area contributed by atoms with Crippen LogP contribution in [0.1, 0.15) is 32.6 Å². The molecule has 0 fully saturated rings. The predicted octanol–water partition coefficient (Wildman–Crippen LogP) is 4.57. The summed E-state index contributed by atoms with van der Waals surface area (Å²) in [6.07, 6.45) is 0. The first-order chi connectivity index (χ1) is 11.8. The summed E-state index contributed by atoms with van der Waals surface area (Å²) in [4.78, 5) is 14.8. The van der Waals surface area contributed by atoms with Gasteiger partial charge >= 0.3 is 0 Å². The van der Waals surface area contributed by atoms with E-state index >= 15 is 0 Å². The Morgan fingerprint density at radius 1 is 0.667 bits per heavy atom. The van der Waals surface area contributed by atoms with E-state index in [1.165, 1.54) is 11.1 Å². The highest BCUT2D eigenvalue weighted by Gasteiger charge is 2.38. The molecule has 5 rings (SSSR count). The van der Waals surface area contributed by atoms with E-state index in [1.807, 2.05) is 47.4 Å². The molecule has 0 unspecified atom stereocenters. The Kier molecular flexibility index (Phi) is 2.74. The molecule has 2 aliphatic rings. The standard InChI is InChI=1S/C22H15NO/c24-22-19-13-7-6-12-18(19)21-20(15-8-2-1-3-9-15)17-11-5-4-10-16(17)14-23(21)22/h1-13H,14H2. The van der Waals surface area contributed by atoms with Crippen LogP contribution in [0.15, 0.2) is 78.9 Å². The Balaban J connectivity index is 1.90. The van der Waals surface area contributed by atoms with Crippen LogP contribution in [0.25, 0.3) is 11.3 Å². The summed E-state index contributed by atoms with van der Waals surface area (Å²) < 4.78 is 0. The summed E-state index contributed by atoms with van der Waals surface area (Å²) in [5.41, 5.74) is 7.59. The highest BCUT2D eigenvalue weighted by Crippen LogP contribution is 2.45. The van der Waals surface area contributed by atoms with E-state index in [9.17, 15) is 4.79 Å². The zero-order valence-corrected chi connectivity index (χ0v) is 13.1. The molecule has 0 aromatic heterocycles. The van der Waals surface area contributed by atoms with Crippen molar-refractivity contribution in [1.29, 1.82) is 0 Å². The van der Waals surface area contributed by atoms with Crippen molar-refractivity contribution in [3.8, 4) is 0 Å². The lowest BCUT2D eigenvalue weighted by molar-refractivity contribution is 0.0842. The summed E-state index contributed by atoms with van der Waals surface area (Å²) in [7, 11) is 0. The van der Waals surface area contributed by atoms with Crippen molar-refractivity contribution in [3.63, 3.8) is 0 Å².